The van der Waals surface area contributed by atoms with E-state index < -0.39 is 0 Å². The summed E-state index contributed by atoms with van der Waals surface area (Å²) in [6, 6.07) is 0. The molecule has 4 heteroatoms. The van der Waals surface area contributed by atoms with Crippen LogP contribution in [0.1, 0.15) is 0 Å². The minimum atomic E-state index is 1.73. The molecule has 0 saturated heterocycles. The van der Waals surface area contributed by atoms with E-state index in [1.165, 1.54) is 0 Å². The van der Waals surface area contributed by atoms with Crippen molar-refractivity contribution in [2.45, 2.75) is 0 Å². The molecule has 0 aromatic carbocycles. The summed E-state index contributed by atoms with van der Waals surface area (Å²) < 4.78 is 2.12. The van der Waals surface area contributed by atoms with E-state index in [4.69, 9.17) is 0 Å². The van der Waals surface area contributed by atoms with Crippen LogP contribution in [0, 0.1) is 0 Å². The minimum Gasteiger partial charge on any atom is -0.138 e. The van der Waals surface area contributed by atoms with Gasteiger partial charge in [0.2, 0.25) is 0 Å². The Morgan fingerprint density at radius 3 is 1.14 bits per heavy atom. The maximum absolute atomic E-state index is 2.12. The number of nitrogens with zero attached hydrogens (tertiary/aromatic N) is 1. The molecule has 44 valence electrons. The van der Waals surface area contributed by atoms with Gasteiger partial charge in [-0.05, 0) is 18.8 Å². The summed E-state index contributed by atoms with van der Waals surface area (Å²) in [4.78, 5) is 0. The van der Waals surface area contributed by atoms with Gasteiger partial charge in [0.05, 0.1) is 0 Å². The quantitative estimate of drug-likeness (QED) is 0.574. The molecule has 0 aromatic rings. The Hall–Kier alpha value is 1.01. The van der Waals surface area contributed by atoms with Gasteiger partial charge >= 0.3 is 0 Å². The SMILES string of the molecule is CSN(SC)SC. The Labute approximate surface area is 58.0 Å². The lowest BCUT2D eigenvalue weighted by Crippen LogP contribution is -1.88. The highest BCUT2D eigenvalue weighted by atomic mass is 32.3. The van der Waals surface area contributed by atoms with Crippen molar-refractivity contribution in [2.75, 3.05) is 18.8 Å². The van der Waals surface area contributed by atoms with E-state index in [1.807, 2.05) is 0 Å². The van der Waals surface area contributed by atoms with Gasteiger partial charge in [-0.1, -0.05) is 35.8 Å². The number of hydrogen-bond donors (Lipinski definition) is 0. The van der Waals surface area contributed by atoms with Crippen molar-refractivity contribution in [1.29, 1.82) is 0 Å². The van der Waals surface area contributed by atoms with E-state index in [2.05, 4.69) is 21.9 Å². The van der Waals surface area contributed by atoms with Crippen LogP contribution < -0.4 is 0 Å². The highest BCUT2D eigenvalue weighted by molar-refractivity contribution is 8.24. The normalized spacial score (nSPS) is 10.3. The second-order valence-electron chi connectivity index (χ2n) is 0.771. The molecule has 0 rings (SSSR count). The first-order valence-electron chi connectivity index (χ1n) is 1.77. The van der Waals surface area contributed by atoms with Gasteiger partial charge in [0.1, 0.15) is 0 Å². The average Bonchev–Trinajstić information content (AvgIpc) is 1.72. The fraction of sp³-hybridized carbons (Fsp3) is 1.00. The molecular weight excluding hydrogens is 146 g/mol. The zero-order valence-corrected chi connectivity index (χ0v) is 7.12. The van der Waals surface area contributed by atoms with Crippen molar-refractivity contribution in [2.24, 2.45) is 0 Å². The lowest BCUT2D eigenvalue weighted by Gasteiger charge is -2.08. The highest BCUT2D eigenvalue weighted by Gasteiger charge is 1.92. The Morgan fingerprint density at radius 1 is 0.857 bits per heavy atom. The van der Waals surface area contributed by atoms with Crippen LogP contribution in [0.2, 0.25) is 0 Å². The molecule has 0 unspecified atom stereocenters. The Morgan fingerprint density at radius 2 is 1.14 bits per heavy atom. The minimum absolute atomic E-state index is 1.73. The predicted octanol–water partition coefficient (Wildman–Crippen LogP) is 2.12. The standard InChI is InChI=1S/C3H9NS3/c1-5-4(6-2)7-3/h1-3H3. The maximum atomic E-state index is 2.12. The van der Waals surface area contributed by atoms with Crippen molar-refractivity contribution >= 4 is 35.8 Å². The molecule has 0 N–H and O–H groups in total. The molecule has 0 bridgehead atoms. The summed E-state index contributed by atoms with van der Waals surface area (Å²) in [5, 5.41) is 0. The zero-order chi connectivity index (χ0) is 5.70. The van der Waals surface area contributed by atoms with Gasteiger partial charge < -0.3 is 0 Å². The first-order chi connectivity index (χ1) is 3.35. The molecule has 0 spiro atoms. The average molecular weight is 155 g/mol. The summed E-state index contributed by atoms with van der Waals surface area (Å²) in [6.07, 6.45) is 6.19. The van der Waals surface area contributed by atoms with Crippen LogP contribution in [-0.4, -0.2) is 21.9 Å². The number of hydrogen-bond acceptors (Lipinski definition) is 4. The molecule has 0 aliphatic carbocycles. The zero-order valence-electron chi connectivity index (χ0n) is 4.67. The molecule has 0 saturated carbocycles. The van der Waals surface area contributed by atoms with Crippen molar-refractivity contribution < 1.29 is 0 Å². The van der Waals surface area contributed by atoms with Crippen molar-refractivity contribution in [3.8, 4) is 0 Å². The topological polar surface area (TPSA) is 3.24 Å². The van der Waals surface area contributed by atoms with Gasteiger partial charge in [-0.25, -0.2) is 0 Å². The lowest BCUT2D eigenvalue weighted by molar-refractivity contribution is 1.30. The third-order valence-electron chi connectivity index (χ3n) is 0.447. The van der Waals surface area contributed by atoms with E-state index >= 15 is 0 Å². The van der Waals surface area contributed by atoms with Gasteiger partial charge in [0.25, 0.3) is 0 Å². The molecule has 0 fully saturated rings. The smallest absolute Gasteiger partial charge is 0.00175 e. The van der Waals surface area contributed by atoms with Crippen LogP contribution in [0.3, 0.4) is 0 Å². The Bertz CT molecular complexity index is 31.7. The second-order valence-corrected chi connectivity index (χ2v) is 3.66. The summed E-state index contributed by atoms with van der Waals surface area (Å²) in [7, 11) is 0. The van der Waals surface area contributed by atoms with E-state index in [-0.39, 0.29) is 0 Å². The highest BCUT2D eigenvalue weighted by Crippen LogP contribution is 2.24. The van der Waals surface area contributed by atoms with Crippen LogP contribution in [0.4, 0.5) is 0 Å². The van der Waals surface area contributed by atoms with Crippen molar-refractivity contribution in [1.82, 2.24) is 3.12 Å². The van der Waals surface area contributed by atoms with Crippen LogP contribution in [0.15, 0.2) is 0 Å². The van der Waals surface area contributed by atoms with Gasteiger partial charge in [-0.2, -0.15) is 0 Å². The van der Waals surface area contributed by atoms with Gasteiger partial charge in [-0.3, -0.25) is 0 Å². The molecule has 0 heterocycles. The predicted molar refractivity (Wildman–Crippen MR) is 42.4 cm³/mol. The van der Waals surface area contributed by atoms with E-state index in [9.17, 15) is 0 Å². The Kier molecular flexibility index (Phi) is 5.90. The largest absolute Gasteiger partial charge is 0.138 e. The van der Waals surface area contributed by atoms with Crippen molar-refractivity contribution in [3.63, 3.8) is 0 Å². The summed E-state index contributed by atoms with van der Waals surface area (Å²) in [6.45, 7) is 0. The molecule has 0 aliphatic rings. The first-order valence-corrected chi connectivity index (χ1v) is 5.32. The van der Waals surface area contributed by atoms with Gasteiger partial charge in [-0.15, -0.1) is 3.12 Å². The van der Waals surface area contributed by atoms with E-state index in [0.29, 0.717) is 0 Å². The fourth-order valence-electron chi connectivity index (χ4n) is 0.224. The molecule has 0 radical (unpaired) electrons. The molecule has 7 heavy (non-hydrogen) atoms. The van der Waals surface area contributed by atoms with Gasteiger partial charge in [0, 0.05) is 0 Å². The second kappa shape index (κ2) is 5.15. The molecule has 1 nitrogen and oxygen atoms in total. The first kappa shape index (κ1) is 8.01. The molecule has 0 aliphatic heterocycles. The van der Waals surface area contributed by atoms with Gasteiger partial charge in [0.15, 0.2) is 0 Å². The Balaban J connectivity index is 2.99. The van der Waals surface area contributed by atoms with Crippen molar-refractivity contribution in [3.05, 3.63) is 0 Å². The van der Waals surface area contributed by atoms with Crippen LogP contribution in [-0.2, 0) is 0 Å². The third-order valence-corrected chi connectivity index (χ3v) is 4.02. The van der Waals surface area contributed by atoms with Crippen LogP contribution in [0.25, 0.3) is 0 Å². The van der Waals surface area contributed by atoms with E-state index in [1.54, 1.807) is 35.8 Å². The molecule has 0 amide bonds. The lowest BCUT2D eigenvalue weighted by atomic mass is 12.0. The maximum Gasteiger partial charge on any atom is -0.00175 e. The van der Waals surface area contributed by atoms with Crippen LogP contribution in [0.5, 0.6) is 0 Å². The van der Waals surface area contributed by atoms with E-state index in [0.717, 1.165) is 0 Å². The fourth-order valence-corrected chi connectivity index (χ4v) is 2.01. The summed E-state index contributed by atoms with van der Waals surface area (Å²) in [5.41, 5.74) is 0. The summed E-state index contributed by atoms with van der Waals surface area (Å²) >= 11 is 5.19. The molecule has 0 aromatic heterocycles. The molecule has 0 atom stereocenters. The monoisotopic (exact) mass is 155 g/mol. The third kappa shape index (κ3) is 3.58. The van der Waals surface area contributed by atoms with Crippen LogP contribution >= 0.6 is 35.8 Å². The molecular formula is C3H9NS3. The number of rotatable bonds is 3. The summed E-state index contributed by atoms with van der Waals surface area (Å²) in [5.74, 6) is 0.